The molecule has 7 heteroatoms. The van der Waals surface area contributed by atoms with Gasteiger partial charge in [0.15, 0.2) is 0 Å². The van der Waals surface area contributed by atoms with Crippen molar-refractivity contribution in [1.29, 1.82) is 0 Å². The van der Waals surface area contributed by atoms with E-state index in [9.17, 15) is 14.9 Å². The molecule has 0 saturated heterocycles. The average molecular weight is 365 g/mol. The molecule has 0 aliphatic heterocycles. The first-order valence-electron chi connectivity index (χ1n) is 7.37. The summed E-state index contributed by atoms with van der Waals surface area (Å²) in [5.41, 5.74) is 2.15. The molecule has 2 aromatic carbocycles. The van der Waals surface area contributed by atoms with Gasteiger partial charge in [0.05, 0.1) is 10.7 Å². The molecule has 0 bridgehead atoms. The summed E-state index contributed by atoms with van der Waals surface area (Å²) < 4.78 is 0. The van der Waals surface area contributed by atoms with Gasteiger partial charge < -0.3 is 5.32 Å². The molecule has 1 amide bonds. The number of rotatable bonds is 8. The van der Waals surface area contributed by atoms with Crippen LogP contribution in [0.5, 0.6) is 0 Å². The quantitative estimate of drug-likeness (QED) is 0.570. The molecule has 0 aliphatic carbocycles. The fourth-order valence-electron chi connectivity index (χ4n) is 2.02. The number of nitrogens with zero attached hydrogens (tertiary/aromatic N) is 1. The molecule has 0 aliphatic rings. The van der Waals surface area contributed by atoms with Crippen molar-refractivity contribution in [2.24, 2.45) is 0 Å². The lowest BCUT2D eigenvalue weighted by molar-refractivity contribution is -0.384. The first-order chi connectivity index (χ1) is 11.5. The number of amides is 1. The van der Waals surface area contributed by atoms with E-state index in [0.717, 1.165) is 17.5 Å². The Morgan fingerprint density at radius 2 is 1.71 bits per heavy atom. The van der Waals surface area contributed by atoms with Crippen molar-refractivity contribution < 1.29 is 9.72 Å². The van der Waals surface area contributed by atoms with E-state index in [1.165, 1.54) is 23.9 Å². The maximum atomic E-state index is 11.8. The lowest BCUT2D eigenvalue weighted by Crippen LogP contribution is -2.27. The fraction of sp³-hybridized carbons (Fsp3) is 0.235. The van der Waals surface area contributed by atoms with Gasteiger partial charge in [0.1, 0.15) is 0 Å². The van der Waals surface area contributed by atoms with E-state index in [1.54, 1.807) is 12.1 Å². The van der Waals surface area contributed by atoms with Crippen LogP contribution in [0, 0.1) is 10.1 Å². The maximum absolute atomic E-state index is 11.8. The Morgan fingerprint density at radius 1 is 1.08 bits per heavy atom. The van der Waals surface area contributed by atoms with Gasteiger partial charge in [-0.15, -0.1) is 11.8 Å². The minimum Gasteiger partial charge on any atom is -0.355 e. The summed E-state index contributed by atoms with van der Waals surface area (Å²) in [5.74, 6) is 0.982. The third-order valence-electron chi connectivity index (χ3n) is 3.30. The van der Waals surface area contributed by atoms with Crippen LogP contribution < -0.4 is 5.32 Å². The zero-order valence-corrected chi connectivity index (χ0v) is 14.5. The minimum atomic E-state index is -0.426. The van der Waals surface area contributed by atoms with Crippen LogP contribution in [-0.4, -0.2) is 23.1 Å². The summed E-state index contributed by atoms with van der Waals surface area (Å²) >= 11 is 7.30. The second-order valence-corrected chi connectivity index (χ2v) is 6.56. The lowest BCUT2D eigenvalue weighted by Gasteiger charge is -2.06. The molecule has 0 aromatic heterocycles. The van der Waals surface area contributed by atoms with Crippen LogP contribution in [0.2, 0.25) is 5.02 Å². The zero-order chi connectivity index (χ0) is 17.4. The number of nitro benzene ring substituents is 1. The van der Waals surface area contributed by atoms with Crippen LogP contribution in [0.15, 0.2) is 48.5 Å². The molecule has 2 aromatic rings. The van der Waals surface area contributed by atoms with E-state index < -0.39 is 4.92 Å². The van der Waals surface area contributed by atoms with Gasteiger partial charge in [0.25, 0.3) is 5.69 Å². The number of hydrogen-bond donors (Lipinski definition) is 1. The number of nitro groups is 1. The van der Waals surface area contributed by atoms with Gasteiger partial charge in [-0.2, -0.15) is 0 Å². The Kier molecular flexibility index (Phi) is 7.08. The molecule has 0 atom stereocenters. The SMILES string of the molecule is O=C(CSCc1ccc([N+](=O)[O-])cc1)NCCc1ccc(Cl)cc1. The van der Waals surface area contributed by atoms with E-state index in [-0.39, 0.29) is 11.6 Å². The fourth-order valence-corrected chi connectivity index (χ4v) is 2.97. The highest BCUT2D eigenvalue weighted by atomic mass is 35.5. The molecule has 0 heterocycles. The van der Waals surface area contributed by atoms with Crippen LogP contribution in [0.3, 0.4) is 0 Å². The zero-order valence-electron chi connectivity index (χ0n) is 12.9. The second-order valence-electron chi connectivity index (χ2n) is 5.14. The van der Waals surface area contributed by atoms with Gasteiger partial charge in [0, 0.05) is 29.5 Å². The van der Waals surface area contributed by atoms with Crippen molar-refractivity contribution in [2.45, 2.75) is 12.2 Å². The second kappa shape index (κ2) is 9.30. The molecule has 0 unspecified atom stereocenters. The third kappa shape index (κ3) is 6.22. The van der Waals surface area contributed by atoms with E-state index in [4.69, 9.17) is 11.6 Å². The van der Waals surface area contributed by atoms with E-state index >= 15 is 0 Å². The lowest BCUT2D eigenvalue weighted by atomic mass is 10.1. The van der Waals surface area contributed by atoms with Crippen molar-refractivity contribution in [3.63, 3.8) is 0 Å². The number of thioether (sulfide) groups is 1. The summed E-state index contributed by atoms with van der Waals surface area (Å²) in [7, 11) is 0. The molecule has 0 radical (unpaired) electrons. The van der Waals surface area contributed by atoms with Crippen LogP contribution >= 0.6 is 23.4 Å². The molecule has 0 spiro atoms. The largest absolute Gasteiger partial charge is 0.355 e. The molecule has 126 valence electrons. The van der Waals surface area contributed by atoms with Gasteiger partial charge in [-0.3, -0.25) is 14.9 Å². The Morgan fingerprint density at radius 3 is 2.33 bits per heavy atom. The maximum Gasteiger partial charge on any atom is 0.269 e. The summed E-state index contributed by atoms with van der Waals surface area (Å²) in [6.07, 6.45) is 0.760. The minimum absolute atomic E-state index is 0.0177. The first-order valence-corrected chi connectivity index (χ1v) is 8.90. The number of nitrogens with one attached hydrogen (secondary N) is 1. The molecular formula is C17H17ClN2O3S. The van der Waals surface area contributed by atoms with E-state index in [1.807, 2.05) is 24.3 Å². The molecular weight excluding hydrogens is 348 g/mol. The highest BCUT2D eigenvalue weighted by Crippen LogP contribution is 2.16. The molecule has 24 heavy (non-hydrogen) atoms. The number of non-ortho nitro benzene ring substituents is 1. The number of hydrogen-bond acceptors (Lipinski definition) is 4. The van der Waals surface area contributed by atoms with Gasteiger partial charge in [-0.05, 0) is 29.7 Å². The summed E-state index contributed by atoms with van der Waals surface area (Å²) in [6.45, 7) is 0.582. The normalized spacial score (nSPS) is 10.4. The standard InChI is InChI=1S/C17H17ClN2O3S/c18-15-5-1-13(2-6-15)9-10-19-17(21)12-24-11-14-3-7-16(8-4-14)20(22)23/h1-8H,9-12H2,(H,19,21). The Balaban J connectivity index is 1.64. The molecule has 1 N–H and O–H groups in total. The van der Waals surface area contributed by atoms with Crippen LogP contribution in [0.4, 0.5) is 5.69 Å². The smallest absolute Gasteiger partial charge is 0.269 e. The van der Waals surface area contributed by atoms with Gasteiger partial charge in [-0.1, -0.05) is 35.9 Å². The highest BCUT2D eigenvalue weighted by Gasteiger charge is 2.05. The van der Waals surface area contributed by atoms with Crippen LogP contribution in [0.25, 0.3) is 0 Å². The Bertz CT molecular complexity index is 690. The van der Waals surface area contributed by atoms with E-state index in [2.05, 4.69) is 5.32 Å². The monoisotopic (exact) mass is 364 g/mol. The summed E-state index contributed by atoms with van der Waals surface area (Å²) in [5, 5.41) is 14.1. The molecule has 5 nitrogen and oxygen atoms in total. The predicted molar refractivity (Wildman–Crippen MR) is 97.4 cm³/mol. The average Bonchev–Trinajstić information content (AvgIpc) is 2.57. The number of carbonyl (C=O) groups excluding carboxylic acids is 1. The van der Waals surface area contributed by atoms with Crippen molar-refractivity contribution in [3.05, 3.63) is 74.8 Å². The van der Waals surface area contributed by atoms with Gasteiger partial charge in [-0.25, -0.2) is 0 Å². The predicted octanol–water partition coefficient (Wildman–Crippen LogP) is 3.84. The Hall–Kier alpha value is -2.05. The van der Waals surface area contributed by atoms with Gasteiger partial charge >= 0.3 is 0 Å². The summed E-state index contributed by atoms with van der Waals surface area (Å²) in [4.78, 5) is 21.9. The molecule has 0 saturated carbocycles. The van der Waals surface area contributed by atoms with Crippen molar-refractivity contribution in [2.75, 3.05) is 12.3 Å². The number of halogens is 1. The highest BCUT2D eigenvalue weighted by molar-refractivity contribution is 7.99. The van der Waals surface area contributed by atoms with Crippen LogP contribution in [-0.2, 0) is 17.0 Å². The number of benzene rings is 2. The van der Waals surface area contributed by atoms with E-state index in [0.29, 0.717) is 23.1 Å². The first kappa shape index (κ1) is 18.3. The third-order valence-corrected chi connectivity index (χ3v) is 4.55. The Labute approximate surface area is 149 Å². The van der Waals surface area contributed by atoms with Gasteiger partial charge in [0.2, 0.25) is 5.91 Å². The van der Waals surface area contributed by atoms with Crippen molar-refractivity contribution in [1.82, 2.24) is 5.32 Å². The topological polar surface area (TPSA) is 72.2 Å². The summed E-state index contributed by atoms with van der Waals surface area (Å²) in [6, 6.07) is 13.9. The number of carbonyl (C=O) groups is 1. The van der Waals surface area contributed by atoms with Crippen molar-refractivity contribution >= 4 is 35.0 Å². The van der Waals surface area contributed by atoms with Crippen LogP contribution in [0.1, 0.15) is 11.1 Å². The molecule has 2 rings (SSSR count). The van der Waals surface area contributed by atoms with Crippen molar-refractivity contribution in [3.8, 4) is 0 Å². The molecule has 0 fully saturated rings.